The largest absolute Gasteiger partial charge is 0.352 e. The third kappa shape index (κ3) is 4.82. The van der Waals surface area contributed by atoms with E-state index in [-0.39, 0.29) is 36.2 Å². The van der Waals surface area contributed by atoms with Crippen molar-refractivity contribution >= 4 is 24.2 Å². The maximum Gasteiger partial charge on any atom is 0.239 e. The van der Waals surface area contributed by atoms with Crippen LogP contribution in [0.4, 0.5) is 0 Å². The van der Waals surface area contributed by atoms with Gasteiger partial charge in [-0.2, -0.15) is 0 Å². The smallest absolute Gasteiger partial charge is 0.239 e. The maximum atomic E-state index is 12.1. The van der Waals surface area contributed by atoms with Crippen LogP contribution in [0.15, 0.2) is 0 Å². The van der Waals surface area contributed by atoms with Crippen LogP contribution in [0.1, 0.15) is 33.6 Å². The number of nitrogens with one attached hydrogen (secondary N) is 1. The van der Waals surface area contributed by atoms with E-state index >= 15 is 0 Å². The predicted molar refractivity (Wildman–Crippen MR) is 73.5 cm³/mol. The molecule has 1 heterocycles. The highest BCUT2D eigenvalue weighted by Gasteiger charge is 2.28. The van der Waals surface area contributed by atoms with Crippen molar-refractivity contribution in [3.63, 3.8) is 0 Å². The Morgan fingerprint density at radius 2 is 2.00 bits per heavy atom. The quantitative estimate of drug-likeness (QED) is 0.790. The van der Waals surface area contributed by atoms with E-state index in [9.17, 15) is 9.59 Å². The van der Waals surface area contributed by atoms with Gasteiger partial charge in [-0.1, -0.05) is 13.8 Å². The Morgan fingerprint density at radius 1 is 1.39 bits per heavy atom. The molecule has 5 nitrogen and oxygen atoms in total. The lowest BCUT2D eigenvalue weighted by atomic mass is 10.0. The summed E-state index contributed by atoms with van der Waals surface area (Å²) < 4.78 is 0. The first kappa shape index (κ1) is 17.2. The Balaban J connectivity index is 0.00000289. The fourth-order valence-corrected chi connectivity index (χ4v) is 2.08. The van der Waals surface area contributed by atoms with Gasteiger partial charge in [-0.3, -0.25) is 9.59 Å². The van der Waals surface area contributed by atoms with Crippen LogP contribution in [0.25, 0.3) is 0 Å². The number of carbonyl (C=O) groups excluding carboxylic acids is 2. The van der Waals surface area contributed by atoms with Gasteiger partial charge >= 0.3 is 0 Å². The summed E-state index contributed by atoms with van der Waals surface area (Å²) in [6, 6.07) is -0.365. The summed E-state index contributed by atoms with van der Waals surface area (Å²) in [7, 11) is 0. The lowest BCUT2D eigenvalue weighted by Gasteiger charge is -2.35. The number of nitrogens with zero attached hydrogens (tertiary/aromatic N) is 1. The van der Waals surface area contributed by atoms with Gasteiger partial charge in [-0.15, -0.1) is 12.4 Å². The van der Waals surface area contributed by atoms with Gasteiger partial charge in [0.05, 0.1) is 6.04 Å². The summed E-state index contributed by atoms with van der Waals surface area (Å²) in [6.45, 7) is 6.71. The van der Waals surface area contributed by atoms with E-state index in [0.717, 1.165) is 19.4 Å². The van der Waals surface area contributed by atoms with Gasteiger partial charge < -0.3 is 16.0 Å². The minimum absolute atomic E-state index is 0. The molecule has 0 aromatic carbocycles. The van der Waals surface area contributed by atoms with Crippen LogP contribution < -0.4 is 11.1 Å². The molecule has 2 unspecified atom stereocenters. The minimum Gasteiger partial charge on any atom is -0.352 e. The lowest BCUT2D eigenvalue weighted by Crippen LogP contribution is -2.54. The third-order valence-electron chi connectivity index (χ3n) is 3.14. The molecule has 0 bridgehead atoms. The van der Waals surface area contributed by atoms with E-state index in [1.54, 1.807) is 4.90 Å². The molecular weight excluding hydrogens is 254 g/mol. The molecule has 6 heteroatoms. The number of likely N-dealkylation sites (tertiary alicyclic amines) is 1. The molecular formula is C12H24ClN3O2. The van der Waals surface area contributed by atoms with Crippen molar-refractivity contribution in [1.82, 2.24) is 10.2 Å². The third-order valence-corrected chi connectivity index (χ3v) is 3.14. The van der Waals surface area contributed by atoms with Crippen LogP contribution >= 0.6 is 12.4 Å². The Bertz CT molecular complexity index is 297. The summed E-state index contributed by atoms with van der Waals surface area (Å²) >= 11 is 0. The molecule has 0 saturated carbocycles. The summed E-state index contributed by atoms with van der Waals surface area (Å²) in [5, 5.41) is 2.86. The van der Waals surface area contributed by atoms with Gasteiger partial charge in [0.25, 0.3) is 0 Å². The molecule has 1 aliphatic heterocycles. The Morgan fingerprint density at radius 3 is 2.50 bits per heavy atom. The topological polar surface area (TPSA) is 75.4 Å². The first-order valence-electron chi connectivity index (χ1n) is 6.23. The predicted octanol–water partition coefficient (Wildman–Crippen LogP) is 0.519. The second kappa shape index (κ2) is 7.59. The summed E-state index contributed by atoms with van der Waals surface area (Å²) in [5.41, 5.74) is 5.86. The van der Waals surface area contributed by atoms with Gasteiger partial charge in [-0.25, -0.2) is 0 Å². The van der Waals surface area contributed by atoms with Crippen molar-refractivity contribution in [3.8, 4) is 0 Å². The first-order valence-corrected chi connectivity index (χ1v) is 6.23. The standard InChI is InChI=1S/C12H23N3O2.ClH/c1-8(2)11(13)12(17)15-6-4-5-10(7-15)14-9(3)16;/h8,10-11H,4-7,13H2,1-3H3,(H,14,16);1H. The molecule has 0 radical (unpaired) electrons. The van der Waals surface area contributed by atoms with Crippen LogP contribution in [-0.2, 0) is 9.59 Å². The summed E-state index contributed by atoms with van der Waals surface area (Å²) in [5.74, 6) is 0.0937. The number of hydrogen-bond acceptors (Lipinski definition) is 3. The van der Waals surface area contributed by atoms with E-state index in [2.05, 4.69) is 5.32 Å². The van der Waals surface area contributed by atoms with Gasteiger partial charge in [0, 0.05) is 26.1 Å². The molecule has 0 spiro atoms. The fourth-order valence-electron chi connectivity index (χ4n) is 2.08. The number of nitrogens with two attached hydrogens (primary N) is 1. The van der Waals surface area contributed by atoms with Crippen LogP contribution in [0, 0.1) is 5.92 Å². The van der Waals surface area contributed by atoms with E-state index in [4.69, 9.17) is 5.73 Å². The Kier molecular flexibility index (Phi) is 7.25. The van der Waals surface area contributed by atoms with Crippen LogP contribution in [0.2, 0.25) is 0 Å². The van der Waals surface area contributed by atoms with Crippen molar-refractivity contribution in [1.29, 1.82) is 0 Å². The zero-order chi connectivity index (χ0) is 13.0. The molecule has 0 aromatic heterocycles. The number of amides is 2. The van der Waals surface area contributed by atoms with Gasteiger partial charge in [0.2, 0.25) is 11.8 Å². The molecule has 0 aliphatic carbocycles. The van der Waals surface area contributed by atoms with Crippen LogP contribution in [0.5, 0.6) is 0 Å². The van der Waals surface area contributed by atoms with E-state index < -0.39 is 6.04 Å². The number of carbonyl (C=O) groups is 2. The number of piperidine rings is 1. The fraction of sp³-hybridized carbons (Fsp3) is 0.833. The number of rotatable bonds is 3. The van der Waals surface area contributed by atoms with E-state index in [1.165, 1.54) is 6.92 Å². The van der Waals surface area contributed by atoms with Gasteiger partial charge in [0.15, 0.2) is 0 Å². The Hall–Kier alpha value is -0.810. The highest BCUT2D eigenvalue weighted by atomic mass is 35.5. The normalized spacial score (nSPS) is 21.2. The summed E-state index contributed by atoms with van der Waals surface area (Å²) in [4.78, 5) is 24.8. The highest BCUT2D eigenvalue weighted by Crippen LogP contribution is 2.13. The minimum atomic E-state index is -0.439. The molecule has 106 valence electrons. The number of hydrogen-bond donors (Lipinski definition) is 2. The van der Waals surface area contributed by atoms with Crippen molar-refractivity contribution in [2.75, 3.05) is 13.1 Å². The van der Waals surface area contributed by atoms with Crippen LogP contribution in [0.3, 0.4) is 0 Å². The number of halogens is 1. The maximum absolute atomic E-state index is 12.1. The van der Waals surface area contributed by atoms with Crippen LogP contribution in [-0.4, -0.2) is 41.9 Å². The monoisotopic (exact) mass is 277 g/mol. The first-order chi connectivity index (χ1) is 7.91. The average molecular weight is 278 g/mol. The van der Waals surface area contributed by atoms with E-state index in [0.29, 0.717) is 6.54 Å². The second-order valence-corrected chi connectivity index (χ2v) is 5.09. The van der Waals surface area contributed by atoms with Gasteiger partial charge in [-0.05, 0) is 18.8 Å². The molecule has 2 atom stereocenters. The lowest BCUT2D eigenvalue weighted by molar-refractivity contribution is -0.135. The molecule has 1 saturated heterocycles. The average Bonchev–Trinajstić information content (AvgIpc) is 2.26. The second-order valence-electron chi connectivity index (χ2n) is 5.09. The molecule has 1 fully saturated rings. The highest BCUT2D eigenvalue weighted by molar-refractivity contribution is 5.85. The van der Waals surface area contributed by atoms with Crippen molar-refractivity contribution < 1.29 is 9.59 Å². The van der Waals surface area contributed by atoms with Crippen molar-refractivity contribution in [2.45, 2.75) is 45.7 Å². The van der Waals surface area contributed by atoms with E-state index in [1.807, 2.05) is 13.8 Å². The van der Waals surface area contributed by atoms with Gasteiger partial charge in [0.1, 0.15) is 0 Å². The zero-order valence-electron chi connectivity index (χ0n) is 11.3. The Labute approximate surface area is 115 Å². The molecule has 2 amide bonds. The molecule has 1 rings (SSSR count). The zero-order valence-corrected chi connectivity index (χ0v) is 12.1. The van der Waals surface area contributed by atoms with Crippen molar-refractivity contribution in [2.24, 2.45) is 11.7 Å². The molecule has 18 heavy (non-hydrogen) atoms. The van der Waals surface area contributed by atoms with Crippen molar-refractivity contribution in [3.05, 3.63) is 0 Å². The molecule has 3 N–H and O–H groups in total. The molecule has 1 aliphatic rings. The molecule has 0 aromatic rings. The SMILES string of the molecule is CC(=O)NC1CCCN(C(=O)C(N)C(C)C)C1.Cl. The summed E-state index contributed by atoms with van der Waals surface area (Å²) in [6.07, 6.45) is 1.85.